The Balaban J connectivity index is 1.38. The Kier molecular flexibility index (Phi) is 7.39. The van der Waals surface area contributed by atoms with E-state index in [1.54, 1.807) is 73.8 Å². The van der Waals surface area contributed by atoms with E-state index >= 15 is 0 Å². The van der Waals surface area contributed by atoms with Gasteiger partial charge in [-0.3, -0.25) is 9.59 Å². The van der Waals surface area contributed by atoms with Crippen molar-refractivity contribution in [3.05, 3.63) is 72.3 Å². The van der Waals surface area contributed by atoms with Gasteiger partial charge in [-0.25, -0.2) is 0 Å². The van der Waals surface area contributed by atoms with Crippen LogP contribution in [0.4, 0.5) is 11.4 Å². The van der Waals surface area contributed by atoms with Gasteiger partial charge in [-0.15, -0.1) is 10.2 Å². The molecule has 36 heavy (non-hydrogen) atoms. The Morgan fingerprint density at radius 1 is 0.861 bits per heavy atom. The van der Waals surface area contributed by atoms with Gasteiger partial charge in [-0.2, -0.15) is 4.80 Å². The summed E-state index contributed by atoms with van der Waals surface area (Å²) in [5, 5.41) is 17.8. The largest absolute Gasteiger partial charge is 0.497 e. The Morgan fingerprint density at radius 2 is 1.61 bits per heavy atom. The molecule has 0 atom stereocenters. The van der Waals surface area contributed by atoms with Gasteiger partial charge >= 0.3 is 0 Å². The highest BCUT2D eigenvalue weighted by molar-refractivity contribution is 6.06. The van der Waals surface area contributed by atoms with Crippen molar-refractivity contribution in [3.63, 3.8) is 0 Å². The molecule has 184 valence electrons. The summed E-state index contributed by atoms with van der Waals surface area (Å²) >= 11 is 0. The molecular formula is C25H24N6O5. The average Bonchev–Trinajstić information content (AvgIpc) is 3.37. The number of nitrogens with zero attached hydrogens (tertiary/aromatic N) is 4. The first kappa shape index (κ1) is 24.2. The topological polar surface area (TPSA) is 129 Å². The number of carbonyl (C=O) groups is 2. The average molecular weight is 489 g/mol. The van der Waals surface area contributed by atoms with Gasteiger partial charge in [0, 0.05) is 17.3 Å². The summed E-state index contributed by atoms with van der Waals surface area (Å²) in [5.74, 6) is 1.26. The maximum Gasteiger partial charge on any atom is 0.259 e. The van der Waals surface area contributed by atoms with E-state index in [4.69, 9.17) is 14.2 Å². The monoisotopic (exact) mass is 488 g/mol. The van der Waals surface area contributed by atoms with E-state index < -0.39 is 0 Å². The highest BCUT2D eigenvalue weighted by Crippen LogP contribution is 2.29. The predicted molar refractivity (Wildman–Crippen MR) is 132 cm³/mol. The molecule has 0 aliphatic rings. The van der Waals surface area contributed by atoms with Crippen LogP contribution >= 0.6 is 0 Å². The minimum atomic E-state index is -0.350. The summed E-state index contributed by atoms with van der Waals surface area (Å²) in [6.45, 7) is -0.144. The predicted octanol–water partition coefficient (Wildman–Crippen LogP) is 3.26. The number of para-hydroxylation sites is 1. The number of carbonyl (C=O) groups excluding carboxylic acids is 2. The van der Waals surface area contributed by atoms with Crippen LogP contribution in [0.3, 0.4) is 0 Å². The molecule has 2 N–H and O–H groups in total. The highest BCUT2D eigenvalue weighted by atomic mass is 16.5. The van der Waals surface area contributed by atoms with Crippen LogP contribution in [0, 0.1) is 0 Å². The van der Waals surface area contributed by atoms with E-state index in [0.29, 0.717) is 45.6 Å². The molecule has 1 heterocycles. The number of rotatable bonds is 9. The quantitative estimate of drug-likeness (QED) is 0.367. The normalized spacial score (nSPS) is 10.4. The van der Waals surface area contributed by atoms with Gasteiger partial charge in [0.05, 0.1) is 32.6 Å². The SMILES string of the molecule is COc1ccc(NC(=O)Cn2nnc(-c3ccc(NC(=O)c4ccccc4OC)cc3)n2)c(OC)c1. The summed E-state index contributed by atoms with van der Waals surface area (Å²) < 4.78 is 15.7. The van der Waals surface area contributed by atoms with Gasteiger partial charge in [0.25, 0.3) is 5.91 Å². The third-order valence-corrected chi connectivity index (χ3v) is 5.17. The Bertz CT molecular complexity index is 1370. The van der Waals surface area contributed by atoms with Crippen LogP contribution < -0.4 is 24.8 Å². The van der Waals surface area contributed by atoms with Crippen molar-refractivity contribution in [2.75, 3.05) is 32.0 Å². The molecule has 0 saturated heterocycles. The van der Waals surface area contributed by atoms with E-state index in [9.17, 15) is 9.59 Å². The first-order valence-corrected chi connectivity index (χ1v) is 10.8. The van der Waals surface area contributed by atoms with Crippen LogP contribution in [-0.2, 0) is 11.3 Å². The first-order valence-electron chi connectivity index (χ1n) is 10.8. The molecule has 0 aliphatic heterocycles. The smallest absolute Gasteiger partial charge is 0.259 e. The zero-order chi connectivity index (χ0) is 25.5. The molecule has 4 rings (SSSR count). The van der Waals surface area contributed by atoms with Crippen molar-refractivity contribution < 1.29 is 23.8 Å². The van der Waals surface area contributed by atoms with Crippen LogP contribution in [0.25, 0.3) is 11.4 Å². The number of ether oxygens (including phenoxy) is 3. The minimum Gasteiger partial charge on any atom is -0.497 e. The van der Waals surface area contributed by atoms with Gasteiger partial charge in [0.15, 0.2) is 0 Å². The fourth-order valence-corrected chi connectivity index (χ4v) is 3.38. The summed E-state index contributed by atoms with van der Waals surface area (Å²) in [6, 6.07) is 19.0. The molecule has 0 aliphatic carbocycles. The van der Waals surface area contributed by atoms with Crippen molar-refractivity contribution >= 4 is 23.2 Å². The number of aromatic nitrogens is 4. The number of benzene rings is 3. The standard InChI is InChI=1S/C25H24N6O5/c1-34-18-12-13-20(22(14-18)36-3)27-23(32)15-31-29-24(28-30-31)16-8-10-17(11-9-16)26-25(33)19-6-4-5-7-21(19)35-2/h4-14H,15H2,1-3H3,(H,26,33)(H,27,32). The van der Waals surface area contributed by atoms with Gasteiger partial charge in [-0.1, -0.05) is 12.1 Å². The van der Waals surface area contributed by atoms with Crippen LogP contribution in [0.15, 0.2) is 66.7 Å². The van der Waals surface area contributed by atoms with Gasteiger partial charge < -0.3 is 24.8 Å². The molecule has 0 saturated carbocycles. The molecule has 4 aromatic rings. The van der Waals surface area contributed by atoms with E-state index in [0.717, 1.165) is 0 Å². The summed E-state index contributed by atoms with van der Waals surface area (Å²) in [4.78, 5) is 26.3. The van der Waals surface area contributed by atoms with Gasteiger partial charge in [0.1, 0.15) is 23.8 Å². The van der Waals surface area contributed by atoms with Crippen molar-refractivity contribution in [2.24, 2.45) is 0 Å². The Hall–Kier alpha value is -4.93. The lowest BCUT2D eigenvalue weighted by Gasteiger charge is -2.11. The third-order valence-electron chi connectivity index (χ3n) is 5.17. The second kappa shape index (κ2) is 11.0. The number of tetrazole rings is 1. The molecule has 0 radical (unpaired) electrons. The van der Waals surface area contributed by atoms with E-state index in [1.165, 1.54) is 19.0 Å². The lowest BCUT2D eigenvalue weighted by atomic mass is 10.1. The molecule has 0 fully saturated rings. The molecule has 11 heteroatoms. The van der Waals surface area contributed by atoms with Crippen LogP contribution in [0.2, 0.25) is 0 Å². The van der Waals surface area contributed by atoms with E-state index in [2.05, 4.69) is 26.0 Å². The lowest BCUT2D eigenvalue weighted by Crippen LogP contribution is -2.20. The molecule has 3 aromatic carbocycles. The van der Waals surface area contributed by atoms with Crippen LogP contribution in [-0.4, -0.2) is 53.4 Å². The number of methoxy groups -OCH3 is 3. The molecule has 0 bridgehead atoms. The molecular weight excluding hydrogens is 464 g/mol. The minimum absolute atomic E-state index is 0.144. The highest BCUT2D eigenvalue weighted by Gasteiger charge is 2.14. The van der Waals surface area contributed by atoms with Crippen molar-refractivity contribution in [2.45, 2.75) is 6.54 Å². The molecule has 0 spiro atoms. The Morgan fingerprint density at radius 3 is 2.33 bits per heavy atom. The summed E-state index contributed by atoms with van der Waals surface area (Å²) in [7, 11) is 4.57. The second-order valence-corrected chi connectivity index (χ2v) is 7.49. The van der Waals surface area contributed by atoms with Gasteiger partial charge in [-0.05, 0) is 53.7 Å². The molecule has 0 unspecified atom stereocenters. The van der Waals surface area contributed by atoms with E-state index in [1.807, 2.05) is 0 Å². The molecule has 2 amide bonds. The zero-order valence-corrected chi connectivity index (χ0v) is 19.9. The fourth-order valence-electron chi connectivity index (χ4n) is 3.38. The number of amides is 2. The summed E-state index contributed by atoms with van der Waals surface area (Å²) in [6.07, 6.45) is 0. The number of anilines is 2. The number of hydrogen-bond acceptors (Lipinski definition) is 8. The molecule has 1 aromatic heterocycles. The second-order valence-electron chi connectivity index (χ2n) is 7.49. The summed E-state index contributed by atoms with van der Waals surface area (Å²) in [5.41, 5.74) is 2.19. The maximum atomic E-state index is 12.6. The first-order chi connectivity index (χ1) is 17.5. The maximum absolute atomic E-state index is 12.6. The van der Waals surface area contributed by atoms with Gasteiger partial charge in [0.2, 0.25) is 11.7 Å². The number of nitrogens with one attached hydrogen (secondary N) is 2. The lowest BCUT2D eigenvalue weighted by molar-refractivity contribution is -0.117. The van der Waals surface area contributed by atoms with E-state index in [-0.39, 0.29) is 18.4 Å². The Labute approximate surface area is 207 Å². The van der Waals surface area contributed by atoms with Crippen LogP contribution in [0.1, 0.15) is 10.4 Å². The van der Waals surface area contributed by atoms with Crippen molar-refractivity contribution in [1.82, 2.24) is 20.2 Å². The zero-order valence-electron chi connectivity index (χ0n) is 19.9. The fraction of sp³-hybridized carbons (Fsp3) is 0.160. The van der Waals surface area contributed by atoms with Crippen molar-refractivity contribution in [1.29, 1.82) is 0 Å². The van der Waals surface area contributed by atoms with Crippen LogP contribution in [0.5, 0.6) is 17.2 Å². The number of hydrogen-bond donors (Lipinski definition) is 2. The molecule has 11 nitrogen and oxygen atoms in total. The third kappa shape index (κ3) is 5.58. The van der Waals surface area contributed by atoms with Crippen molar-refractivity contribution in [3.8, 4) is 28.6 Å².